The van der Waals surface area contributed by atoms with Gasteiger partial charge in [-0.15, -0.1) is 0 Å². The second-order valence-electron chi connectivity index (χ2n) is 2.92. The second-order valence-corrected chi connectivity index (χ2v) is 2.92. The van der Waals surface area contributed by atoms with E-state index in [4.69, 9.17) is 0 Å². The minimum absolute atomic E-state index is 0.0450. The lowest BCUT2D eigenvalue weighted by Crippen LogP contribution is -2.39. The quantitative estimate of drug-likeness (QED) is 0.730. The summed E-state index contributed by atoms with van der Waals surface area (Å²) in [5.74, 6) is -0.802. The largest absolute Gasteiger partial charge is 0.468 e. The molecule has 3 nitrogen and oxygen atoms in total. The van der Waals surface area contributed by atoms with Gasteiger partial charge in [0.2, 0.25) is 0 Å². The Morgan fingerprint density at radius 2 is 2.15 bits per heavy atom. The summed E-state index contributed by atoms with van der Waals surface area (Å²) in [6, 6.07) is 0. The first kappa shape index (κ1) is 8.55. The molecule has 0 aromatic carbocycles. The first-order valence-electron chi connectivity index (χ1n) is 3.81. The van der Waals surface area contributed by atoms with Gasteiger partial charge in [0.25, 0.3) is 0 Å². The fourth-order valence-corrected chi connectivity index (χ4v) is 1.10. The molecule has 13 heavy (non-hydrogen) atoms. The van der Waals surface area contributed by atoms with Gasteiger partial charge >= 0.3 is 12.1 Å². The van der Waals surface area contributed by atoms with Crippen molar-refractivity contribution in [2.24, 2.45) is 0 Å². The number of hydrogen-bond donors (Lipinski definition) is 1. The molecule has 0 unspecified atom stereocenters. The van der Waals surface area contributed by atoms with Crippen molar-refractivity contribution in [2.75, 3.05) is 13.1 Å². The number of rotatable bonds is 1. The van der Waals surface area contributed by atoms with Gasteiger partial charge in [0.1, 0.15) is 5.76 Å². The van der Waals surface area contributed by atoms with Crippen LogP contribution < -0.4 is 5.32 Å². The van der Waals surface area contributed by atoms with Crippen molar-refractivity contribution < 1.29 is 17.6 Å². The van der Waals surface area contributed by atoms with Gasteiger partial charge in [0.05, 0.1) is 6.20 Å². The Labute approximate surface area is 71.9 Å². The molecule has 1 saturated heterocycles. The van der Waals surface area contributed by atoms with Crippen LogP contribution in [0.15, 0.2) is 10.6 Å². The Balaban J connectivity index is 2.17. The summed E-state index contributed by atoms with van der Waals surface area (Å²) in [7, 11) is 0. The summed E-state index contributed by atoms with van der Waals surface area (Å²) in [4.78, 5) is 3.17. The summed E-state index contributed by atoms with van der Waals surface area (Å²) in [6.07, 6.45) is -3.33. The molecule has 0 saturated carbocycles. The zero-order valence-corrected chi connectivity index (χ0v) is 6.56. The highest BCUT2D eigenvalue weighted by Crippen LogP contribution is 2.31. The Kier molecular flexibility index (Phi) is 1.80. The van der Waals surface area contributed by atoms with Gasteiger partial charge < -0.3 is 9.73 Å². The molecule has 1 N–H and O–H groups in total. The molecule has 2 heterocycles. The van der Waals surface area contributed by atoms with Crippen LogP contribution in [-0.2, 0) is 6.18 Å². The van der Waals surface area contributed by atoms with Crippen LogP contribution in [0.5, 0.6) is 0 Å². The maximum absolute atomic E-state index is 12.0. The lowest BCUT2D eigenvalue weighted by Gasteiger charge is -2.24. The summed E-state index contributed by atoms with van der Waals surface area (Å²) in [5.41, 5.74) is 0. The van der Waals surface area contributed by atoms with E-state index in [0.717, 1.165) is 6.20 Å². The molecular formula is C7H7F3N2O. The number of aromatic nitrogens is 1. The molecule has 6 heteroatoms. The number of halogens is 3. The Hall–Kier alpha value is -1.04. The van der Waals surface area contributed by atoms with E-state index in [0.29, 0.717) is 18.8 Å². The number of oxazole rings is 1. The van der Waals surface area contributed by atoms with Crippen LogP contribution in [0.2, 0.25) is 0 Å². The molecule has 0 amide bonds. The van der Waals surface area contributed by atoms with Gasteiger partial charge in [-0.05, 0) is 0 Å². The zero-order valence-electron chi connectivity index (χ0n) is 6.56. The van der Waals surface area contributed by atoms with Gasteiger partial charge in [-0.25, -0.2) is 4.98 Å². The molecule has 0 spiro atoms. The predicted octanol–water partition coefficient (Wildman–Crippen LogP) is 1.38. The normalized spacial score (nSPS) is 18.7. The van der Waals surface area contributed by atoms with Gasteiger partial charge in [-0.2, -0.15) is 13.2 Å². The van der Waals surface area contributed by atoms with E-state index in [2.05, 4.69) is 14.7 Å². The van der Waals surface area contributed by atoms with E-state index in [1.807, 2.05) is 0 Å². The molecule has 0 atom stereocenters. The number of nitrogens with one attached hydrogen (secondary N) is 1. The smallest absolute Gasteiger partial charge is 0.438 e. The van der Waals surface area contributed by atoms with Crippen LogP contribution in [0, 0.1) is 0 Å². The molecular weight excluding hydrogens is 185 g/mol. The van der Waals surface area contributed by atoms with Crippen molar-refractivity contribution in [1.82, 2.24) is 10.3 Å². The van der Waals surface area contributed by atoms with Crippen molar-refractivity contribution in [3.05, 3.63) is 17.8 Å². The van der Waals surface area contributed by atoms with Crippen molar-refractivity contribution in [2.45, 2.75) is 12.1 Å². The number of alkyl halides is 3. The van der Waals surface area contributed by atoms with E-state index >= 15 is 0 Å². The molecule has 1 aliphatic heterocycles. The first-order valence-corrected chi connectivity index (χ1v) is 3.81. The van der Waals surface area contributed by atoms with Crippen LogP contribution in [0.3, 0.4) is 0 Å². The van der Waals surface area contributed by atoms with Crippen LogP contribution in [0.4, 0.5) is 13.2 Å². The summed E-state index contributed by atoms with van der Waals surface area (Å²) in [5, 5.41) is 2.94. The summed E-state index contributed by atoms with van der Waals surface area (Å²) >= 11 is 0. The zero-order chi connectivity index (χ0) is 9.47. The lowest BCUT2D eigenvalue weighted by molar-refractivity contribution is -0.157. The van der Waals surface area contributed by atoms with Crippen LogP contribution >= 0.6 is 0 Å². The lowest BCUT2D eigenvalue weighted by atomic mass is 10.0. The summed E-state index contributed by atoms with van der Waals surface area (Å²) < 4.78 is 40.6. The molecule has 1 aromatic heterocycles. The van der Waals surface area contributed by atoms with E-state index in [9.17, 15) is 13.2 Å². The predicted molar refractivity (Wildman–Crippen MR) is 37.1 cm³/mol. The van der Waals surface area contributed by atoms with E-state index in [1.54, 1.807) is 0 Å². The van der Waals surface area contributed by atoms with Crippen molar-refractivity contribution in [3.63, 3.8) is 0 Å². The molecule has 0 aliphatic carbocycles. The van der Waals surface area contributed by atoms with Gasteiger partial charge in [-0.3, -0.25) is 0 Å². The van der Waals surface area contributed by atoms with Crippen molar-refractivity contribution >= 4 is 0 Å². The van der Waals surface area contributed by atoms with Gasteiger partial charge in [-0.1, -0.05) is 0 Å². The highest BCUT2D eigenvalue weighted by atomic mass is 19.4. The average molecular weight is 192 g/mol. The third-order valence-corrected chi connectivity index (χ3v) is 1.95. The maximum atomic E-state index is 12.0. The molecule has 1 aromatic rings. The average Bonchev–Trinajstić information content (AvgIpc) is 2.29. The molecule has 72 valence electrons. The molecule has 1 fully saturated rings. The first-order chi connectivity index (χ1) is 6.07. The minimum Gasteiger partial charge on any atom is -0.438 e. The van der Waals surface area contributed by atoms with E-state index < -0.39 is 12.1 Å². The highest BCUT2D eigenvalue weighted by molar-refractivity contribution is 5.08. The van der Waals surface area contributed by atoms with Crippen LogP contribution in [-0.4, -0.2) is 18.1 Å². The number of nitrogens with zero attached hydrogens (tertiary/aromatic N) is 1. The van der Waals surface area contributed by atoms with Gasteiger partial charge in [0.15, 0.2) is 0 Å². The van der Waals surface area contributed by atoms with Gasteiger partial charge in [0, 0.05) is 19.0 Å². The van der Waals surface area contributed by atoms with E-state index in [1.165, 1.54) is 0 Å². The molecule has 0 radical (unpaired) electrons. The third-order valence-electron chi connectivity index (χ3n) is 1.95. The standard InChI is InChI=1S/C7H7F3N2O/c8-7(9,10)6-12-3-5(13-6)4-1-11-2-4/h3-4,11H,1-2H2. The fourth-order valence-electron chi connectivity index (χ4n) is 1.10. The Morgan fingerprint density at radius 1 is 1.46 bits per heavy atom. The monoisotopic (exact) mass is 192 g/mol. The van der Waals surface area contributed by atoms with Crippen molar-refractivity contribution in [1.29, 1.82) is 0 Å². The molecule has 0 bridgehead atoms. The second kappa shape index (κ2) is 2.73. The highest BCUT2D eigenvalue weighted by Gasteiger charge is 2.38. The Bertz CT molecular complexity index is 303. The molecule has 2 rings (SSSR count). The van der Waals surface area contributed by atoms with Crippen LogP contribution in [0.25, 0.3) is 0 Å². The maximum Gasteiger partial charge on any atom is 0.468 e. The minimum atomic E-state index is -4.48. The van der Waals surface area contributed by atoms with Crippen LogP contribution in [0.1, 0.15) is 17.6 Å². The van der Waals surface area contributed by atoms with Crippen molar-refractivity contribution in [3.8, 4) is 0 Å². The fraction of sp³-hybridized carbons (Fsp3) is 0.571. The Morgan fingerprint density at radius 3 is 2.54 bits per heavy atom. The molecule has 1 aliphatic rings. The van der Waals surface area contributed by atoms with E-state index in [-0.39, 0.29) is 5.92 Å². The SMILES string of the molecule is FC(F)(F)c1ncc(C2CNC2)o1. The number of hydrogen-bond acceptors (Lipinski definition) is 3. The topological polar surface area (TPSA) is 38.1 Å². The summed E-state index contributed by atoms with van der Waals surface area (Å²) in [6.45, 7) is 1.32. The third kappa shape index (κ3) is 1.53.